The molecule has 3 heteroatoms. The van der Waals surface area contributed by atoms with Gasteiger partial charge in [0, 0.05) is 18.6 Å². The zero-order valence-electron chi connectivity index (χ0n) is 17.9. The fraction of sp³-hybridized carbons (Fsp3) is 0.179. The molecule has 0 aliphatic heterocycles. The minimum Gasteiger partial charge on any atom is -0.488 e. The van der Waals surface area contributed by atoms with Crippen molar-refractivity contribution in [2.75, 3.05) is 7.05 Å². The molecule has 0 radical (unpaired) electrons. The van der Waals surface area contributed by atoms with Gasteiger partial charge in [0.25, 0.3) is 0 Å². The Morgan fingerprint density at radius 1 is 0.935 bits per heavy atom. The van der Waals surface area contributed by atoms with Crippen LogP contribution in [0.4, 0.5) is 0 Å². The van der Waals surface area contributed by atoms with E-state index in [2.05, 4.69) is 96.0 Å². The largest absolute Gasteiger partial charge is 0.488 e. The quantitative estimate of drug-likeness (QED) is 0.339. The molecule has 0 spiro atoms. The molecule has 1 aliphatic rings. The summed E-state index contributed by atoms with van der Waals surface area (Å²) in [5.74, 6) is 1.53. The normalized spacial score (nSPS) is 15.8. The third-order valence-corrected chi connectivity index (χ3v) is 6.73. The number of hydrogen-bond donors (Lipinski definition) is 0. The van der Waals surface area contributed by atoms with Crippen molar-refractivity contribution in [3.63, 3.8) is 0 Å². The molecule has 0 fully saturated rings. The Morgan fingerprint density at radius 3 is 2.58 bits per heavy atom. The molecule has 2 atom stereocenters. The summed E-state index contributed by atoms with van der Waals surface area (Å²) in [7, 11) is 2.33. The van der Waals surface area contributed by atoms with Crippen LogP contribution in [-0.2, 0) is 13.0 Å². The first-order valence-corrected chi connectivity index (χ1v) is 11.7. The van der Waals surface area contributed by atoms with Gasteiger partial charge in [0.2, 0.25) is 0 Å². The molecule has 0 N–H and O–H groups in total. The van der Waals surface area contributed by atoms with Gasteiger partial charge in [-0.1, -0.05) is 93.5 Å². The highest BCUT2D eigenvalue weighted by molar-refractivity contribution is 7.56. The lowest BCUT2D eigenvalue weighted by atomic mass is 9.93. The van der Waals surface area contributed by atoms with E-state index in [4.69, 9.17) is 4.74 Å². The van der Waals surface area contributed by atoms with Crippen LogP contribution in [0.3, 0.4) is 0 Å². The number of aliphatic imine (C=N–C) groups is 1. The summed E-state index contributed by atoms with van der Waals surface area (Å²) in [5.41, 5.74) is 3.71. The molecule has 0 bridgehead atoms. The topological polar surface area (TPSA) is 21.6 Å². The van der Waals surface area contributed by atoms with E-state index in [1.54, 1.807) is 0 Å². The van der Waals surface area contributed by atoms with Gasteiger partial charge in [-0.05, 0) is 52.9 Å². The van der Waals surface area contributed by atoms with E-state index in [9.17, 15) is 0 Å². The molecule has 0 saturated carbocycles. The minimum absolute atomic E-state index is 0.512. The molecule has 0 amide bonds. The summed E-state index contributed by atoms with van der Waals surface area (Å²) < 4.78 is 6.29. The van der Waals surface area contributed by atoms with Gasteiger partial charge in [0.05, 0.1) is 0 Å². The van der Waals surface area contributed by atoms with E-state index < -0.39 is 0 Å². The molecule has 0 aromatic heterocycles. The van der Waals surface area contributed by atoms with E-state index in [0.29, 0.717) is 21.1 Å². The van der Waals surface area contributed by atoms with Crippen LogP contribution < -0.4 is 15.3 Å². The Kier molecular flexibility index (Phi) is 7.47. The second-order valence-electron chi connectivity index (χ2n) is 7.72. The van der Waals surface area contributed by atoms with Crippen LogP contribution in [0, 0.1) is 5.92 Å². The third-order valence-electron chi connectivity index (χ3n) is 5.35. The van der Waals surface area contributed by atoms with Crippen molar-refractivity contribution in [1.29, 1.82) is 0 Å². The SMILES string of the molecule is CN=Cc1ccccc1Pc1cc(CC2C=CC=CC2)ccc1OCc1ccccc1. The summed E-state index contributed by atoms with van der Waals surface area (Å²) in [6, 6.07) is 25.5. The summed E-state index contributed by atoms with van der Waals surface area (Å²) >= 11 is 0. The van der Waals surface area contributed by atoms with Crippen molar-refractivity contribution in [2.24, 2.45) is 10.9 Å². The van der Waals surface area contributed by atoms with Gasteiger partial charge < -0.3 is 4.74 Å². The van der Waals surface area contributed by atoms with Crippen LogP contribution in [0.25, 0.3) is 0 Å². The van der Waals surface area contributed by atoms with Crippen LogP contribution in [-0.4, -0.2) is 13.3 Å². The molecule has 0 heterocycles. The Morgan fingerprint density at radius 2 is 1.77 bits per heavy atom. The summed E-state index contributed by atoms with van der Waals surface area (Å²) in [6.45, 7) is 0.575. The third kappa shape index (κ3) is 6.03. The minimum atomic E-state index is 0.512. The van der Waals surface area contributed by atoms with E-state index in [1.165, 1.54) is 27.3 Å². The average molecular weight is 426 g/mol. The van der Waals surface area contributed by atoms with Crippen molar-refractivity contribution in [1.82, 2.24) is 0 Å². The standard InChI is InChI=1S/C28H28NOP/c1-29-20-25-14-8-9-15-27(25)31-28-19-24(18-22-10-4-2-5-11-22)16-17-26(28)30-21-23-12-6-3-7-13-23/h2-10,12-17,19-20,22,31H,11,18,21H2,1H3. The summed E-state index contributed by atoms with van der Waals surface area (Å²) in [6.07, 6.45) is 13.0. The zero-order chi connectivity index (χ0) is 21.3. The van der Waals surface area contributed by atoms with Crippen LogP contribution >= 0.6 is 8.58 Å². The lowest BCUT2D eigenvalue weighted by Gasteiger charge is -2.17. The lowest BCUT2D eigenvalue weighted by Crippen LogP contribution is -2.13. The first-order valence-electron chi connectivity index (χ1n) is 10.7. The highest BCUT2D eigenvalue weighted by Gasteiger charge is 2.12. The van der Waals surface area contributed by atoms with E-state index >= 15 is 0 Å². The zero-order valence-corrected chi connectivity index (χ0v) is 18.9. The summed E-state index contributed by atoms with van der Waals surface area (Å²) in [5, 5.41) is 2.54. The van der Waals surface area contributed by atoms with Crippen LogP contribution in [0.5, 0.6) is 5.75 Å². The molecule has 31 heavy (non-hydrogen) atoms. The molecule has 4 rings (SSSR count). The number of rotatable bonds is 8. The highest BCUT2D eigenvalue weighted by atomic mass is 31.1. The molecular formula is C28H28NOP. The molecule has 2 unspecified atom stereocenters. The van der Waals surface area contributed by atoms with Crippen LogP contribution in [0.1, 0.15) is 23.1 Å². The van der Waals surface area contributed by atoms with E-state index in [-0.39, 0.29) is 0 Å². The number of benzene rings is 3. The Bertz CT molecular complexity index is 1090. The van der Waals surface area contributed by atoms with Gasteiger partial charge in [0.1, 0.15) is 12.4 Å². The van der Waals surface area contributed by atoms with Crippen LogP contribution in [0.2, 0.25) is 0 Å². The number of ether oxygens (including phenoxy) is 1. The van der Waals surface area contributed by atoms with Crippen LogP contribution in [0.15, 0.2) is 102 Å². The molecule has 2 nitrogen and oxygen atoms in total. The van der Waals surface area contributed by atoms with Gasteiger partial charge in [-0.3, -0.25) is 4.99 Å². The fourth-order valence-electron chi connectivity index (χ4n) is 3.76. The monoisotopic (exact) mass is 425 g/mol. The second-order valence-corrected chi connectivity index (χ2v) is 9.04. The molecule has 1 aliphatic carbocycles. The number of hydrogen-bond acceptors (Lipinski definition) is 2. The first-order chi connectivity index (χ1) is 15.3. The predicted molar refractivity (Wildman–Crippen MR) is 135 cm³/mol. The fourth-order valence-corrected chi connectivity index (χ4v) is 5.05. The maximum Gasteiger partial charge on any atom is 0.127 e. The molecule has 3 aromatic carbocycles. The van der Waals surface area contributed by atoms with Gasteiger partial charge >= 0.3 is 0 Å². The van der Waals surface area contributed by atoms with E-state index in [1.807, 2.05) is 19.3 Å². The van der Waals surface area contributed by atoms with Crippen molar-refractivity contribution in [2.45, 2.75) is 19.4 Å². The van der Waals surface area contributed by atoms with Gasteiger partial charge in [-0.15, -0.1) is 0 Å². The van der Waals surface area contributed by atoms with Crippen molar-refractivity contribution in [3.8, 4) is 5.75 Å². The maximum atomic E-state index is 6.29. The predicted octanol–water partition coefficient (Wildman–Crippen LogP) is 5.62. The molecule has 0 saturated heterocycles. The van der Waals surface area contributed by atoms with Gasteiger partial charge in [0.15, 0.2) is 0 Å². The highest BCUT2D eigenvalue weighted by Crippen LogP contribution is 2.25. The average Bonchev–Trinajstić information content (AvgIpc) is 2.81. The number of nitrogens with zero attached hydrogens (tertiary/aromatic N) is 1. The van der Waals surface area contributed by atoms with Gasteiger partial charge in [-0.2, -0.15) is 0 Å². The Labute approximate surface area is 187 Å². The van der Waals surface area contributed by atoms with Crippen molar-refractivity contribution >= 4 is 25.4 Å². The number of allylic oxidation sites excluding steroid dienone is 4. The Hall–Kier alpha value is -2.96. The lowest BCUT2D eigenvalue weighted by molar-refractivity contribution is 0.309. The van der Waals surface area contributed by atoms with E-state index in [0.717, 1.165) is 18.6 Å². The smallest absolute Gasteiger partial charge is 0.127 e. The van der Waals surface area contributed by atoms with Crippen molar-refractivity contribution < 1.29 is 4.74 Å². The second kappa shape index (κ2) is 10.9. The maximum absolute atomic E-state index is 6.29. The Balaban J connectivity index is 1.60. The molecule has 156 valence electrons. The van der Waals surface area contributed by atoms with Crippen molar-refractivity contribution in [3.05, 3.63) is 114 Å². The molecule has 3 aromatic rings. The van der Waals surface area contributed by atoms with Gasteiger partial charge in [-0.25, -0.2) is 0 Å². The summed E-state index contributed by atoms with van der Waals surface area (Å²) in [4.78, 5) is 4.24. The molecular weight excluding hydrogens is 397 g/mol. The first kappa shape index (κ1) is 21.3.